The third kappa shape index (κ3) is 4.96. The maximum atomic E-state index is 13.2. The van der Waals surface area contributed by atoms with Gasteiger partial charge in [0.1, 0.15) is 11.5 Å². The van der Waals surface area contributed by atoms with Crippen LogP contribution in [0.1, 0.15) is 52.6 Å². The van der Waals surface area contributed by atoms with Crippen LogP contribution in [0, 0.1) is 5.92 Å². The standard InChI is InChI=1S/C26H31NO5/c1-6-31-21-9-7-8-19(15-21)27-24(18-10-12-20(13-11-18)32-17(4)5)23(25(29)26(27)30)22(28)14-16(2)3/h7-13,15-17,24,29H,6,14H2,1-5H3. The Morgan fingerprint density at radius 1 is 1.06 bits per heavy atom. The van der Waals surface area contributed by atoms with E-state index in [9.17, 15) is 14.7 Å². The lowest BCUT2D eigenvalue weighted by atomic mass is 9.92. The van der Waals surface area contributed by atoms with E-state index in [1.165, 1.54) is 4.90 Å². The number of rotatable bonds is 9. The average Bonchev–Trinajstić information content (AvgIpc) is 2.99. The van der Waals surface area contributed by atoms with Crippen LogP contribution in [-0.4, -0.2) is 29.5 Å². The zero-order valence-corrected chi connectivity index (χ0v) is 19.3. The molecule has 1 heterocycles. The predicted octanol–water partition coefficient (Wildman–Crippen LogP) is 5.39. The molecule has 2 aromatic carbocycles. The number of carbonyl (C=O) groups excluding carboxylic acids is 2. The third-order valence-electron chi connectivity index (χ3n) is 5.08. The highest BCUT2D eigenvalue weighted by atomic mass is 16.5. The Kier molecular flexibility index (Phi) is 7.23. The summed E-state index contributed by atoms with van der Waals surface area (Å²) in [5.41, 5.74) is 1.39. The van der Waals surface area contributed by atoms with Crippen molar-refractivity contribution in [3.8, 4) is 11.5 Å². The fourth-order valence-corrected chi connectivity index (χ4v) is 3.84. The summed E-state index contributed by atoms with van der Waals surface area (Å²) in [7, 11) is 0. The van der Waals surface area contributed by atoms with Gasteiger partial charge < -0.3 is 14.6 Å². The summed E-state index contributed by atoms with van der Waals surface area (Å²) < 4.78 is 11.3. The molecule has 32 heavy (non-hydrogen) atoms. The molecule has 0 saturated heterocycles. The lowest BCUT2D eigenvalue weighted by molar-refractivity contribution is -0.118. The van der Waals surface area contributed by atoms with Gasteiger partial charge in [0.05, 0.1) is 24.3 Å². The van der Waals surface area contributed by atoms with Gasteiger partial charge in [-0.3, -0.25) is 14.5 Å². The molecule has 170 valence electrons. The molecule has 3 rings (SSSR count). The molecule has 0 spiro atoms. The first-order valence-corrected chi connectivity index (χ1v) is 11.0. The predicted molar refractivity (Wildman–Crippen MR) is 124 cm³/mol. The molecule has 2 aromatic rings. The Morgan fingerprint density at radius 3 is 2.34 bits per heavy atom. The van der Waals surface area contributed by atoms with Crippen LogP contribution in [0.4, 0.5) is 5.69 Å². The highest BCUT2D eigenvalue weighted by molar-refractivity contribution is 6.16. The highest BCUT2D eigenvalue weighted by Crippen LogP contribution is 2.42. The van der Waals surface area contributed by atoms with E-state index in [1.807, 2.05) is 58.9 Å². The van der Waals surface area contributed by atoms with E-state index in [0.29, 0.717) is 29.4 Å². The molecule has 6 nitrogen and oxygen atoms in total. The van der Waals surface area contributed by atoms with Crippen molar-refractivity contribution in [2.24, 2.45) is 5.92 Å². The van der Waals surface area contributed by atoms with Gasteiger partial charge in [0.2, 0.25) is 0 Å². The summed E-state index contributed by atoms with van der Waals surface area (Å²) in [6, 6.07) is 13.7. The Balaban J connectivity index is 2.09. The molecule has 0 aliphatic carbocycles. The normalized spacial score (nSPS) is 16.3. The summed E-state index contributed by atoms with van der Waals surface area (Å²) in [6.07, 6.45) is 0.267. The number of aliphatic hydroxyl groups excluding tert-OH is 1. The molecule has 0 saturated carbocycles. The van der Waals surface area contributed by atoms with Crippen LogP contribution in [0.25, 0.3) is 0 Å². The quantitative estimate of drug-likeness (QED) is 0.569. The zero-order chi connectivity index (χ0) is 23.4. The first-order valence-electron chi connectivity index (χ1n) is 11.0. The van der Waals surface area contributed by atoms with E-state index < -0.39 is 17.7 Å². The number of aliphatic hydroxyl groups is 1. The van der Waals surface area contributed by atoms with E-state index in [-0.39, 0.29) is 29.8 Å². The number of amides is 1. The third-order valence-corrected chi connectivity index (χ3v) is 5.08. The first kappa shape index (κ1) is 23.4. The fourth-order valence-electron chi connectivity index (χ4n) is 3.84. The summed E-state index contributed by atoms with van der Waals surface area (Å²) in [4.78, 5) is 27.7. The van der Waals surface area contributed by atoms with E-state index in [2.05, 4.69) is 0 Å². The summed E-state index contributed by atoms with van der Waals surface area (Å²) in [5, 5.41) is 10.8. The maximum Gasteiger partial charge on any atom is 0.294 e. The lowest BCUT2D eigenvalue weighted by Gasteiger charge is -2.27. The van der Waals surface area contributed by atoms with E-state index in [4.69, 9.17) is 9.47 Å². The number of hydrogen-bond acceptors (Lipinski definition) is 5. The molecule has 1 atom stereocenters. The maximum absolute atomic E-state index is 13.2. The van der Waals surface area contributed by atoms with Gasteiger partial charge in [-0.1, -0.05) is 32.0 Å². The minimum Gasteiger partial charge on any atom is -0.503 e. The second kappa shape index (κ2) is 9.90. The molecule has 1 N–H and O–H groups in total. The Labute approximate surface area is 189 Å². The van der Waals surface area contributed by atoms with Gasteiger partial charge in [0, 0.05) is 18.2 Å². The molecule has 1 aliphatic heterocycles. The van der Waals surface area contributed by atoms with Crippen LogP contribution in [0.15, 0.2) is 59.9 Å². The number of benzene rings is 2. The summed E-state index contributed by atoms with van der Waals surface area (Å²) in [5.74, 6) is 0.0701. The molecule has 0 radical (unpaired) electrons. The van der Waals surface area contributed by atoms with Gasteiger partial charge in [-0.2, -0.15) is 0 Å². The van der Waals surface area contributed by atoms with Gasteiger partial charge in [-0.05, 0) is 56.5 Å². The number of carbonyl (C=O) groups is 2. The molecule has 1 amide bonds. The fraction of sp³-hybridized carbons (Fsp3) is 0.385. The van der Waals surface area contributed by atoms with Crippen molar-refractivity contribution in [3.63, 3.8) is 0 Å². The Morgan fingerprint density at radius 2 is 1.75 bits per heavy atom. The van der Waals surface area contributed by atoms with Crippen LogP contribution in [0.5, 0.6) is 11.5 Å². The molecular formula is C26H31NO5. The minimum absolute atomic E-state index is 0.0267. The summed E-state index contributed by atoms with van der Waals surface area (Å²) in [6.45, 7) is 10.1. The van der Waals surface area contributed by atoms with Crippen molar-refractivity contribution in [3.05, 3.63) is 65.4 Å². The second-order valence-electron chi connectivity index (χ2n) is 8.53. The van der Waals surface area contributed by atoms with Gasteiger partial charge in [0.15, 0.2) is 11.5 Å². The van der Waals surface area contributed by atoms with Crippen molar-refractivity contribution < 1.29 is 24.2 Å². The van der Waals surface area contributed by atoms with Gasteiger partial charge >= 0.3 is 0 Å². The molecule has 0 bridgehead atoms. The van der Waals surface area contributed by atoms with E-state index in [1.54, 1.807) is 24.3 Å². The second-order valence-corrected chi connectivity index (χ2v) is 8.53. The van der Waals surface area contributed by atoms with Crippen LogP contribution >= 0.6 is 0 Å². The average molecular weight is 438 g/mol. The molecule has 0 aromatic heterocycles. The lowest BCUT2D eigenvalue weighted by Crippen LogP contribution is -2.31. The van der Waals surface area contributed by atoms with Crippen LogP contribution < -0.4 is 14.4 Å². The molecule has 6 heteroatoms. The van der Waals surface area contributed by atoms with E-state index >= 15 is 0 Å². The smallest absolute Gasteiger partial charge is 0.294 e. The largest absolute Gasteiger partial charge is 0.503 e. The number of nitrogens with zero attached hydrogens (tertiary/aromatic N) is 1. The molecule has 1 aliphatic rings. The van der Waals surface area contributed by atoms with Crippen LogP contribution in [-0.2, 0) is 9.59 Å². The van der Waals surface area contributed by atoms with Gasteiger partial charge in [-0.25, -0.2) is 0 Å². The van der Waals surface area contributed by atoms with Crippen molar-refractivity contribution in [2.45, 2.75) is 53.2 Å². The van der Waals surface area contributed by atoms with Gasteiger partial charge in [0.25, 0.3) is 5.91 Å². The molecular weight excluding hydrogens is 406 g/mol. The molecule has 0 fully saturated rings. The van der Waals surface area contributed by atoms with Crippen molar-refractivity contribution >= 4 is 17.4 Å². The topological polar surface area (TPSA) is 76.1 Å². The Hall–Kier alpha value is -3.28. The van der Waals surface area contributed by atoms with Crippen LogP contribution in [0.2, 0.25) is 0 Å². The summed E-state index contributed by atoms with van der Waals surface area (Å²) >= 11 is 0. The number of ether oxygens (including phenoxy) is 2. The molecule has 1 unspecified atom stereocenters. The number of hydrogen-bond donors (Lipinski definition) is 1. The number of Topliss-reactive ketones (excluding diaryl/α,β-unsaturated/α-hetero) is 1. The number of ketones is 1. The van der Waals surface area contributed by atoms with Crippen molar-refractivity contribution in [1.29, 1.82) is 0 Å². The van der Waals surface area contributed by atoms with Gasteiger partial charge in [-0.15, -0.1) is 0 Å². The van der Waals surface area contributed by atoms with Crippen molar-refractivity contribution in [2.75, 3.05) is 11.5 Å². The Bertz CT molecular complexity index is 1010. The van der Waals surface area contributed by atoms with Crippen LogP contribution in [0.3, 0.4) is 0 Å². The van der Waals surface area contributed by atoms with E-state index in [0.717, 1.165) is 0 Å². The van der Waals surface area contributed by atoms with Crippen molar-refractivity contribution in [1.82, 2.24) is 0 Å². The first-order chi connectivity index (χ1) is 15.2. The number of anilines is 1. The SMILES string of the molecule is CCOc1cccc(N2C(=O)C(O)=C(C(=O)CC(C)C)C2c2ccc(OC(C)C)cc2)c1. The highest BCUT2D eigenvalue weighted by Gasteiger charge is 2.44. The zero-order valence-electron chi connectivity index (χ0n) is 19.3. The monoisotopic (exact) mass is 437 g/mol. The minimum atomic E-state index is -0.737.